The highest BCUT2D eigenvalue weighted by atomic mass is 16.1. The number of nitrogens with one attached hydrogen (secondary N) is 1. The maximum atomic E-state index is 12.4. The van der Waals surface area contributed by atoms with Crippen molar-refractivity contribution in [3.05, 3.63) is 45.8 Å². The summed E-state index contributed by atoms with van der Waals surface area (Å²) in [4.78, 5) is 34.3. The predicted molar refractivity (Wildman–Crippen MR) is 110 cm³/mol. The molecule has 1 aromatic rings. The number of aliphatic imine (C=N–C) groups is 1. The number of rotatable bonds is 6. The molecule has 0 aromatic carbocycles. The Labute approximate surface area is 160 Å². The molecule has 2 heterocycles. The lowest BCUT2D eigenvalue weighted by Crippen LogP contribution is -2.51. The molecule has 1 saturated heterocycles. The molecule has 0 radical (unpaired) electrons. The maximum absolute atomic E-state index is 12.4. The zero-order valence-corrected chi connectivity index (χ0v) is 16.3. The summed E-state index contributed by atoms with van der Waals surface area (Å²) in [6, 6.07) is 3.98. The van der Waals surface area contributed by atoms with Crippen molar-refractivity contribution < 1.29 is 4.79 Å². The Balaban J connectivity index is 1.99. The summed E-state index contributed by atoms with van der Waals surface area (Å²) in [6.07, 6.45) is 8.76. The Morgan fingerprint density at radius 3 is 2.74 bits per heavy atom. The second-order valence-corrected chi connectivity index (χ2v) is 7.60. The van der Waals surface area contributed by atoms with Crippen molar-refractivity contribution in [1.82, 2.24) is 9.88 Å². The van der Waals surface area contributed by atoms with Gasteiger partial charge in [-0.25, -0.2) is 4.99 Å². The standard InChI is InChI=1S/C21H28N4O2/c1-15(12-22-14-26)19(7-6-17-4-5-17)18-10-20(23-21(27)11-18)25-9-8-24(3)13-16(25)2/h6-7,10-12,14,16-17H,4-5,8-9,13H2,1-3H3,(H,23,27)/b7-6+,19-15+,22-12?. The van der Waals surface area contributed by atoms with Gasteiger partial charge in [0, 0.05) is 38.0 Å². The third-order valence-corrected chi connectivity index (χ3v) is 5.19. The summed E-state index contributed by atoms with van der Waals surface area (Å²) in [5, 5.41) is 0. The average molecular weight is 368 g/mol. The first-order valence-electron chi connectivity index (χ1n) is 9.53. The SMILES string of the molecule is C/C(C=NC=O)=C(/C=C/C1CC1)c1cc(N2CCN(C)CC2C)[nH]c(=O)c1. The molecule has 1 unspecified atom stereocenters. The number of carbonyl (C=O) groups excluding carboxylic acids is 1. The highest BCUT2D eigenvalue weighted by Gasteiger charge is 2.23. The van der Waals surface area contributed by atoms with E-state index in [1.165, 1.54) is 12.8 Å². The van der Waals surface area contributed by atoms with Gasteiger partial charge < -0.3 is 14.8 Å². The van der Waals surface area contributed by atoms with Crippen molar-refractivity contribution in [1.29, 1.82) is 0 Å². The molecule has 1 aliphatic heterocycles. The number of pyridine rings is 1. The van der Waals surface area contributed by atoms with Gasteiger partial charge in [0.05, 0.1) is 0 Å². The van der Waals surface area contributed by atoms with Gasteiger partial charge in [0.2, 0.25) is 12.0 Å². The van der Waals surface area contributed by atoms with Gasteiger partial charge in [-0.15, -0.1) is 0 Å². The molecule has 3 rings (SSSR count). The van der Waals surface area contributed by atoms with Crippen LogP contribution in [0.5, 0.6) is 0 Å². The molecule has 1 aliphatic carbocycles. The largest absolute Gasteiger partial charge is 0.353 e. The molecule has 1 aromatic heterocycles. The number of likely N-dealkylation sites (N-methyl/N-ethyl adjacent to an activating group) is 1. The number of hydrogen-bond donors (Lipinski definition) is 1. The molecule has 27 heavy (non-hydrogen) atoms. The Kier molecular flexibility index (Phi) is 6.06. The molecule has 6 nitrogen and oxygen atoms in total. The average Bonchev–Trinajstić information content (AvgIpc) is 3.44. The van der Waals surface area contributed by atoms with Gasteiger partial charge in [-0.1, -0.05) is 12.2 Å². The molecule has 1 atom stereocenters. The van der Waals surface area contributed by atoms with Crippen LogP contribution >= 0.6 is 0 Å². The first-order valence-corrected chi connectivity index (χ1v) is 9.53. The van der Waals surface area contributed by atoms with Crippen molar-refractivity contribution in [2.45, 2.75) is 32.7 Å². The van der Waals surface area contributed by atoms with Crippen LogP contribution < -0.4 is 10.5 Å². The number of hydrogen-bond acceptors (Lipinski definition) is 4. The van der Waals surface area contributed by atoms with Crippen LogP contribution in [0.3, 0.4) is 0 Å². The minimum atomic E-state index is -0.119. The third-order valence-electron chi connectivity index (χ3n) is 5.19. The lowest BCUT2D eigenvalue weighted by atomic mass is 10.0. The van der Waals surface area contributed by atoms with Crippen molar-refractivity contribution in [3.63, 3.8) is 0 Å². The normalized spacial score (nSPS) is 22.5. The second-order valence-electron chi connectivity index (χ2n) is 7.60. The topological polar surface area (TPSA) is 68.8 Å². The first kappa shape index (κ1) is 19.3. The lowest BCUT2D eigenvalue weighted by Gasteiger charge is -2.39. The zero-order chi connectivity index (χ0) is 19.4. The summed E-state index contributed by atoms with van der Waals surface area (Å²) in [5.41, 5.74) is 2.53. The summed E-state index contributed by atoms with van der Waals surface area (Å²) in [7, 11) is 2.12. The Hall–Kier alpha value is -2.47. The molecular weight excluding hydrogens is 340 g/mol. The molecule has 1 N–H and O–H groups in total. The first-order chi connectivity index (χ1) is 13.0. The van der Waals surface area contributed by atoms with E-state index in [2.05, 4.69) is 45.9 Å². The quantitative estimate of drug-likeness (QED) is 0.476. The van der Waals surface area contributed by atoms with Crippen LogP contribution in [0, 0.1) is 5.92 Å². The smallest absolute Gasteiger partial charge is 0.250 e. The molecule has 2 aliphatic rings. The van der Waals surface area contributed by atoms with Crippen LogP contribution in [0.25, 0.3) is 5.57 Å². The van der Waals surface area contributed by atoms with E-state index in [9.17, 15) is 9.59 Å². The van der Waals surface area contributed by atoms with Gasteiger partial charge in [-0.05, 0) is 62.4 Å². The second kappa shape index (κ2) is 8.48. The Morgan fingerprint density at radius 1 is 1.30 bits per heavy atom. The van der Waals surface area contributed by atoms with E-state index < -0.39 is 0 Å². The fraction of sp³-hybridized carbons (Fsp3) is 0.476. The maximum Gasteiger partial charge on any atom is 0.250 e. The molecular formula is C21H28N4O2. The van der Waals surface area contributed by atoms with E-state index in [1.54, 1.807) is 12.3 Å². The zero-order valence-electron chi connectivity index (χ0n) is 16.3. The molecule has 2 fully saturated rings. The molecule has 144 valence electrons. The van der Waals surface area contributed by atoms with E-state index in [1.807, 2.05) is 13.0 Å². The Morgan fingerprint density at radius 2 is 2.07 bits per heavy atom. The number of amides is 1. The number of H-pyrrole nitrogens is 1. The van der Waals surface area contributed by atoms with Gasteiger partial charge in [0.25, 0.3) is 0 Å². The summed E-state index contributed by atoms with van der Waals surface area (Å²) >= 11 is 0. The van der Waals surface area contributed by atoms with Crippen LogP contribution in [-0.2, 0) is 4.79 Å². The van der Waals surface area contributed by atoms with Crippen LogP contribution in [-0.4, -0.2) is 55.2 Å². The van der Waals surface area contributed by atoms with Gasteiger partial charge in [-0.2, -0.15) is 0 Å². The predicted octanol–water partition coefficient (Wildman–Crippen LogP) is 2.48. The molecule has 0 spiro atoms. The fourth-order valence-corrected chi connectivity index (χ4v) is 3.52. The van der Waals surface area contributed by atoms with Gasteiger partial charge in [-0.3, -0.25) is 9.59 Å². The number of anilines is 1. The summed E-state index contributed by atoms with van der Waals surface area (Å²) in [6.45, 7) is 6.89. The molecule has 1 saturated carbocycles. The van der Waals surface area contributed by atoms with Crippen molar-refractivity contribution in [3.8, 4) is 0 Å². The van der Waals surface area contributed by atoms with E-state index in [4.69, 9.17) is 0 Å². The van der Waals surface area contributed by atoms with Crippen molar-refractivity contribution in [2.75, 3.05) is 31.6 Å². The number of allylic oxidation sites excluding steroid dienone is 4. The third kappa shape index (κ3) is 5.04. The summed E-state index contributed by atoms with van der Waals surface area (Å²) < 4.78 is 0. The van der Waals surface area contributed by atoms with E-state index in [0.717, 1.165) is 42.2 Å². The number of aromatic amines is 1. The number of nitrogens with zero attached hydrogens (tertiary/aromatic N) is 3. The van der Waals surface area contributed by atoms with E-state index in [0.29, 0.717) is 18.4 Å². The van der Waals surface area contributed by atoms with Crippen LogP contribution in [0.15, 0.2) is 39.6 Å². The van der Waals surface area contributed by atoms with Crippen LogP contribution in [0.4, 0.5) is 5.82 Å². The van der Waals surface area contributed by atoms with Crippen molar-refractivity contribution >= 4 is 24.0 Å². The Bertz CT molecular complexity index is 833. The fourth-order valence-electron chi connectivity index (χ4n) is 3.52. The highest BCUT2D eigenvalue weighted by Crippen LogP contribution is 2.32. The number of piperazine rings is 1. The minimum Gasteiger partial charge on any atom is -0.353 e. The monoisotopic (exact) mass is 368 g/mol. The minimum absolute atomic E-state index is 0.119. The van der Waals surface area contributed by atoms with Crippen LogP contribution in [0.1, 0.15) is 32.3 Å². The summed E-state index contributed by atoms with van der Waals surface area (Å²) in [5.74, 6) is 1.46. The van der Waals surface area contributed by atoms with E-state index >= 15 is 0 Å². The van der Waals surface area contributed by atoms with Gasteiger partial charge >= 0.3 is 0 Å². The number of carbonyl (C=O) groups is 1. The molecule has 1 amide bonds. The van der Waals surface area contributed by atoms with Crippen molar-refractivity contribution in [2.24, 2.45) is 10.9 Å². The molecule has 0 bridgehead atoms. The highest BCUT2D eigenvalue weighted by molar-refractivity contribution is 5.96. The van der Waals surface area contributed by atoms with E-state index in [-0.39, 0.29) is 5.56 Å². The van der Waals surface area contributed by atoms with Gasteiger partial charge in [0.1, 0.15) is 5.82 Å². The molecule has 6 heteroatoms. The van der Waals surface area contributed by atoms with Gasteiger partial charge in [0.15, 0.2) is 0 Å². The number of aromatic nitrogens is 1. The lowest BCUT2D eigenvalue weighted by molar-refractivity contribution is -0.106. The van der Waals surface area contributed by atoms with Crippen LogP contribution in [0.2, 0.25) is 0 Å².